The Morgan fingerprint density at radius 2 is 1.36 bits per heavy atom. The molecule has 5 aliphatic rings. The van der Waals surface area contributed by atoms with Gasteiger partial charge in [-0.2, -0.15) is 0 Å². The van der Waals surface area contributed by atoms with Crippen LogP contribution in [0, 0.1) is 50.2 Å². The van der Waals surface area contributed by atoms with Gasteiger partial charge in [0, 0.05) is 17.3 Å². The molecule has 50 heavy (non-hydrogen) atoms. The monoisotopic (exact) mass is 697 g/mol. The van der Waals surface area contributed by atoms with Crippen LogP contribution in [0.15, 0.2) is 11.6 Å². The van der Waals surface area contributed by atoms with Crippen LogP contribution < -0.4 is 0 Å². The molecule has 5 rings (SSSR count). The van der Waals surface area contributed by atoms with Gasteiger partial charge in [0.05, 0.1) is 12.7 Å². The van der Waals surface area contributed by atoms with E-state index in [9.17, 15) is 15.0 Å². The average Bonchev–Trinajstić information content (AvgIpc) is 3.05. The van der Waals surface area contributed by atoms with Gasteiger partial charge in [0.1, 0.15) is 6.10 Å². The molecule has 0 saturated heterocycles. The zero-order valence-electron chi connectivity index (χ0n) is 34.1. The summed E-state index contributed by atoms with van der Waals surface area (Å²) in [5, 5.41) is 22.8. The number of carbonyl (C=O) groups is 1. The fourth-order valence-electron chi connectivity index (χ4n) is 13.4. The van der Waals surface area contributed by atoms with Crippen molar-refractivity contribution in [3.8, 4) is 0 Å². The molecule has 4 saturated carbocycles. The van der Waals surface area contributed by atoms with Gasteiger partial charge in [-0.3, -0.25) is 4.79 Å². The minimum atomic E-state index is -0.460. The zero-order valence-corrected chi connectivity index (χ0v) is 34.1. The number of unbranched alkanes of at least 4 members (excludes halogenated alkanes) is 12. The van der Waals surface area contributed by atoms with E-state index in [1.54, 1.807) is 5.57 Å². The molecule has 0 heterocycles. The number of hydrogen-bond donors (Lipinski definition) is 2. The van der Waals surface area contributed by atoms with E-state index in [2.05, 4.69) is 61.5 Å². The van der Waals surface area contributed by atoms with Gasteiger partial charge in [-0.15, -0.1) is 0 Å². The molecule has 0 aromatic rings. The van der Waals surface area contributed by atoms with Crippen molar-refractivity contribution >= 4 is 5.97 Å². The van der Waals surface area contributed by atoms with Crippen LogP contribution >= 0.6 is 0 Å². The third kappa shape index (κ3) is 7.44. The Morgan fingerprint density at radius 1 is 0.760 bits per heavy atom. The lowest BCUT2D eigenvalue weighted by Crippen LogP contribution is -2.67. The van der Waals surface area contributed by atoms with E-state index in [1.807, 2.05) is 0 Å². The summed E-state index contributed by atoms with van der Waals surface area (Å²) in [4.78, 5) is 13.2. The molecule has 5 aliphatic carbocycles. The first-order chi connectivity index (χ1) is 23.6. The maximum absolute atomic E-state index is 13.2. The second-order valence-corrected chi connectivity index (χ2v) is 20.7. The summed E-state index contributed by atoms with van der Waals surface area (Å²) >= 11 is 0. The molecular formula is C46H80O4. The summed E-state index contributed by atoms with van der Waals surface area (Å²) < 4.78 is 6.38. The van der Waals surface area contributed by atoms with Crippen molar-refractivity contribution in [2.24, 2.45) is 50.2 Å². The fraction of sp³-hybridized carbons (Fsp3) is 0.935. The van der Waals surface area contributed by atoms with Crippen molar-refractivity contribution in [2.75, 3.05) is 6.61 Å². The van der Waals surface area contributed by atoms with Crippen LogP contribution in [0.3, 0.4) is 0 Å². The summed E-state index contributed by atoms with van der Waals surface area (Å²) in [6.07, 6.45) is 29.1. The minimum Gasteiger partial charge on any atom is -0.462 e. The quantitative estimate of drug-likeness (QED) is 0.0957. The largest absolute Gasteiger partial charge is 0.462 e. The fourth-order valence-corrected chi connectivity index (χ4v) is 13.4. The van der Waals surface area contributed by atoms with Crippen molar-refractivity contribution in [3.05, 3.63) is 11.6 Å². The molecule has 0 bridgehead atoms. The highest BCUT2D eigenvalue weighted by atomic mass is 16.5. The first kappa shape index (κ1) is 40.3. The van der Waals surface area contributed by atoms with Crippen molar-refractivity contribution in [3.63, 3.8) is 0 Å². The molecule has 1 unspecified atom stereocenters. The Labute approximate surface area is 308 Å². The molecule has 2 N–H and O–H groups in total. The van der Waals surface area contributed by atoms with E-state index in [0.29, 0.717) is 18.3 Å². The van der Waals surface area contributed by atoms with Gasteiger partial charge >= 0.3 is 5.97 Å². The van der Waals surface area contributed by atoms with E-state index in [4.69, 9.17) is 4.74 Å². The molecule has 288 valence electrons. The number of ether oxygens (including phenoxy) is 1. The number of fused-ring (bicyclic) bond motifs is 7. The van der Waals surface area contributed by atoms with Gasteiger partial charge in [-0.05, 0) is 104 Å². The number of aliphatic hydroxyl groups is 2. The Kier molecular flexibility index (Phi) is 12.8. The van der Waals surface area contributed by atoms with Crippen molar-refractivity contribution in [1.82, 2.24) is 0 Å². The molecule has 0 aliphatic heterocycles. The zero-order chi connectivity index (χ0) is 36.4. The molecule has 0 amide bonds. The SMILES string of the molecule is CCCCCCCCCCCCCCCC(=O)O[C@H]1CC[C@@]2(C)C(CC[C@]3(C)[C@@H]2CC=C2[C@H]4CC(C)(C)CC[C@]4(CO)[C@@H](O)C[C@]23C)C1(C)C. The summed E-state index contributed by atoms with van der Waals surface area (Å²) in [5.41, 5.74) is 1.55. The third-order valence-electron chi connectivity index (χ3n) is 16.9. The van der Waals surface area contributed by atoms with Gasteiger partial charge in [0.15, 0.2) is 0 Å². The van der Waals surface area contributed by atoms with Crippen LogP contribution in [0.4, 0.5) is 0 Å². The average molecular weight is 697 g/mol. The third-order valence-corrected chi connectivity index (χ3v) is 16.9. The van der Waals surface area contributed by atoms with Gasteiger partial charge in [0.2, 0.25) is 0 Å². The second-order valence-electron chi connectivity index (χ2n) is 20.7. The Balaban J connectivity index is 1.15. The smallest absolute Gasteiger partial charge is 0.306 e. The topological polar surface area (TPSA) is 66.8 Å². The lowest BCUT2D eigenvalue weighted by Gasteiger charge is -2.72. The summed E-state index contributed by atoms with van der Waals surface area (Å²) in [6.45, 7) is 19.6. The molecule has 9 atom stereocenters. The van der Waals surface area contributed by atoms with E-state index >= 15 is 0 Å². The van der Waals surface area contributed by atoms with Crippen molar-refractivity contribution in [1.29, 1.82) is 0 Å². The summed E-state index contributed by atoms with van der Waals surface area (Å²) in [7, 11) is 0. The summed E-state index contributed by atoms with van der Waals surface area (Å²) in [5.74, 6) is 1.32. The molecule has 4 nitrogen and oxygen atoms in total. The highest BCUT2D eigenvalue weighted by Gasteiger charge is 2.70. The lowest BCUT2D eigenvalue weighted by molar-refractivity contribution is -0.223. The summed E-state index contributed by atoms with van der Waals surface area (Å²) in [6, 6.07) is 0. The standard InChI is InChI=1S/C46H80O4/c1-9-10-11-12-13-14-15-16-17-18-19-20-21-22-40(49)50-39-26-27-43(6)36(42(39,4)5)25-28-44(7)37(43)24-23-34-35-31-41(2,3)29-30-46(35,33-47)38(48)32-45(34,44)8/h23,35-39,47-48H,9-22,24-33H2,1-8H3/t35-,36?,37-,38+,39+,43+,44-,45-,46-/m1/s1. The second kappa shape index (κ2) is 15.8. The number of allylic oxidation sites excluding steroid dienone is 2. The molecular weight excluding hydrogens is 617 g/mol. The van der Waals surface area contributed by atoms with Crippen LogP contribution in [0.5, 0.6) is 0 Å². The predicted molar refractivity (Wildman–Crippen MR) is 208 cm³/mol. The van der Waals surface area contributed by atoms with E-state index in [0.717, 1.165) is 70.6 Å². The van der Waals surface area contributed by atoms with E-state index in [-0.39, 0.29) is 57.1 Å². The number of esters is 1. The molecule has 0 aromatic heterocycles. The molecule has 0 radical (unpaired) electrons. The predicted octanol–water partition coefficient (Wildman–Crippen LogP) is 12.1. The highest BCUT2D eigenvalue weighted by molar-refractivity contribution is 5.69. The Bertz CT molecular complexity index is 1170. The molecule has 4 heteroatoms. The van der Waals surface area contributed by atoms with Crippen LogP contribution in [0.2, 0.25) is 0 Å². The Hall–Kier alpha value is -0.870. The normalized spacial score (nSPS) is 40.1. The first-order valence-electron chi connectivity index (χ1n) is 21.8. The number of aliphatic hydroxyl groups excluding tert-OH is 2. The number of rotatable bonds is 16. The van der Waals surface area contributed by atoms with E-state index < -0.39 is 6.10 Å². The van der Waals surface area contributed by atoms with Crippen LogP contribution in [-0.4, -0.2) is 35.0 Å². The van der Waals surface area contributed by atoms with Gasteiger partial charge < -0.3 is 14.9 Å². The number of carbonyl (C=O) groups excluding carboxylic acids is 1. The van der Waals surface area contributed by atoms with Gasteiger partial charge in [-0.1, -0.05) is 144 Å². The Morgan fingerprint density at radius 3 is 1.96 bits per heavy atom. The lowest BCUT2D eigenvalue weighted by atomic mass is 9.33. The maximum atomic E-state index is 13.2. The van der Waals surface area contributed by atoms with Crippen LogP contribution in [-0.2, 0) is 9.53 Å². The van der Waals surface area contributed by atoms with Crippen molar-refractivity contribution in [2.45, 2.75) is 215 Å². The van der Waals surface area contributed by atoms with Crippen LogP contribution in [0.25, 0.3) is 0 Å². The molecule has 4 fully saturated rings. The molecule has 0 spiro atoms. The van der Waals surface area contributed by atoms with Gasteiger partial charge in [0.25, 0.3) is 0 Å². The molecule has 0 aromatic carbocycles. The van der Waals surface area contributed by atoms with E-state index in [1.165, 1.54) is 70.6 Å². The number of hydrogen-bond acceptors (Lipinski definition) is 4. The first-order valence-corrected chi connectivity index (χ1v) is 21.8. The van der Waals surface area contributed by atoms with Crippen LogP contribution in [0.1, 0.15) is 203 Å². The highest BCUT2D eigenvalue weighted by Crippen LogP contribution is 2.75. The minimum absolute atomic E-state index is 0.00386. The van der Waals surface area contributed by atoms with Gasteiger partial charge in [-0.25, -0.2) is 0 Å². The van der Waals surface area contributed by atoms with Crippen molar-refractivity contribution < 1.29 is 19.7 Å². The maximum Gasteiger partial charge on any atom is 0.306 e.